The van der Waals surface area contributed by atoms with Crippen molar-refractivity contribution in [1.29, 1.82) is 0 Å². The highest BCUT2D eigenvalue weighted by atomic mass is 19.1. The predicted molar refractivity (Wildman–Crippen MR) is 78.8 cm³/mol. The summed E-state index contributed by atoms with van der Waals surface area (Å²) in [5, 5.41) is 11.5. The van der Waals surface area contributed by atoms with E-state index in [0.717, 1.165) is 18.9 Å². The number of Topliss-reactive ketones (excluding diaryl/α,β-unsaturated/α-hetero) is 1. The van der Waals surface area contributed by atoms with Gasteiger partial charge >= 0.3 is 5.97 Å². The minimum Gasteiger partial charge on any atom is -0.494 e. The highest BCUT2D eigenvalue weighted by Crippen LogP contribution is 2.32. The molecule has 1 aromatic rings. The molecule has 0 aliphatic heterocycles. The molecule has 1 atom stereocenters. The molecular formula is C16H18FNO5. The van der Waals surface area contributed by atoms with Gasteiger partial charge in [0.2, 0.25) is 5.91 Å². The summed E-state index contributed by atoms with van der Waals surface area (Å²) in [6.45, 7) is 0. The Kier molecular flexibility index (Phi) is 5.31. The van der Waals surface area contributed by atoms with Gasteiger partial charge in [-0.1, -0.05) is 0 Å². The first-order chi connectivity index (χ1) is 10.9. The number of halogens is 1. The van der Waals surface area contributed by atoms with Crippen LogP contribution in [0.15, 0.2) is 18.2 Å². The monoisotopic (exact) mass is 323 g/mol. The first-order valence-electron chi connectivity index (χ1n) is 7.31. The Morgan fingerprint density at radius 1 is 1.35 bits per heavy atom. The summed E-state index contributed by atoms with van der Waals surface area (Å²) in [4.78, 5) is 34.8. The number of ketones is 1. The second-order valence-corrected chi connectivity index (χ2v) is 5.49. The fourth-order valence-electron chi connectivity index (χ4n) is 2.27. The molecule has 1 aliphatic carbocycles. The number of rotatable bonds is 8. The van der Waals surface area contributed by atoms with Crippen LogP contribution in [0, 0.1) is 11.7 Å². The Hall–Kier alpha value is -2.44. The second kappa shape index (κ2) is 7.21. The molecular weight excluding hydrogens is 305 g/mol. The minimum atomic E-state index is -1.07. The van der Waals surface area contributed by atoms with E-state index in [1.54, 1.807) is 0 Å². The van der Waals surface area contributed by atoms with Gasteiger partial charge in [-0.2, -0.15) is 0 Å². The summed E-state index contributed by atoms with van der Waals surface area (Å²) in [7, 11) is 1.32. The Bertz CT molecular complexity index is 627. The van der Waals surface area contributed by atoms with Gasteiger partial charge in [0.15, 0.2) is 17.3 Å². The van der Waals surface area contributed by atoms with E-state index in [1.165, 1.54) is 19.2 Å². The van der Waals surface area contributed by atoms with Gasteiger partial charge in [0, 0.05) is 18.4 Å². The number of nitrogens with one attached hydrogen (secondary N) is 1. The molecule has 0 heterocycles. The molecule has 23 heavy (non-hydrogen) atoms. The van der Waals surface area contributed by atoms with Crippen molar-refractivity contribution >= 4 is 17.7 Å². The molecule has 1 unspecified atom stereocenters. The average molecular weight is 323 g/mol. The quantitative estimate of drug-likeness (QED) is 0.711. The molecule has 0 spiro atoms. The third-order valence-electron chi connectivity index (χ3n) is 3.73. The van der Waals surface area contributed by atoms with Gasteiger partial charge in [0.05, 0.1) is 7.11 Å². The summed E-state index contributed by atoms with van der Waals surface area (Å²) >= 11 is 0. The lowest BCUT2D eigenvalue weighted by Gasteiger charge is -2.13. The van der Waals surface area contributed by atoms with Crippen LogP contribution >= 0.6 is 0 Å². The predicted octanol–water partition coefficient (Wildman–Crippen LogP) is 1.78. The fourth-order valence-corrected chi connectivity index (χ4v) is 2.27. The average Bonchev–Trinajstić information content (AvgIpc) is 3.34. The second-order valence-electron chi connectivity index (χ2n) is 5.49. The van der Waals surface area contributed by atoms with E-state index in [9.17, 15) is 18.8 Å². The number of aliphatic carboxylic acids is 1. The van der Waals surface area contributed by atoms with Crippen molar-refractivity contribution < 1.29 is 28.6 Å². The molecule has 0 aromatic heterocycles. The van der Waals surface area contributed by atoms with Gasteiger partial charge in [-0.05, 0) is 37.0 Å². The van der Waals surface area contributed by atoms with Gasteiger partial charge in [-0.3, -0.25) is 9.59 Å². The van der Waals surface area contributed by atoms with E-state index in [-0.39, 0.29) is 35.9 Å². The molecule has 1 aromatic carbocycles. The molecule has 1 aliphatic rings. The molecule has 124 valence electrons. The Labute approximate surface area is 132 Å². The van der Waals surface area contributed by atoms with Crippen molar-refractivity contribution in [2.75, 3.05) is 7.11 Å². The van der Waals surface area contributed by atoms with E-state index < -0.39 is 23.7 Å². The third-order valence-corrected chi connectivity index (χ3v) is 3.73. The number of carbonyl (C=O) groups excluding carboxylic acids is 2. The Morgan fingerprint density at radius 3 is 2.57 bits per heavy atom. The normalized spacial score (nSPS) is 14.9. The maximum absolute atomic E-state index is 13.5. The number of carboxylic acid groups (broad SMARTS) is 1. The zero-order valence-electron chi connectivity index (χ0n) is 12.7. The van der Waals surface area contributed by atoms with E-state index in [1.807, 2.05) is 0 Å². The SMILES string of the molecule is COc1ccc(C(=O)CCC(=O)NC(C(=O)O)C2CC2)cc1F. The lowest BCUT2D eigenvalue weighted by atomic mass is 10.1. The number of benzene rings is 1. The number of hydrogen-bond donors (Lipinski definition) is 2. The largest absolute Gasteiger partial charge is 0.494 e. The van der Waals surface area contributed by atoms with Crippen LogP contribution in [-0.2, 0) is 9.59 Å². The van der Waals surface area contributed by atoms with Crippen LogP contribution in [0.5, 0.6) is 5.75 Å². The summed E-state index contributed by atoms with van der Waals surface area (Å²) < 4.78 is 18.3. The maximum Gasteiger partial charge on any atom is 0.326 e. The topological polar surface area (TPSA) is 92.7 Å². The van der Waals surface area contributed by atoms with Crippen LogP contribution in [-0.4, -0.2) is 35.9 Å². The van der Waals surface area contributed by atoms with E-state index in [4.69, 9.17) is 9.84 Å². The molecule has 0 saturated heterocycles. The van der Waals surface area contributed by atoms with Crippen LogP contribution in [0.3, 0.4) is 0 Å². The van der Waals surface area contributed by atoms with Crippen molar-refractivity contribution in [2.24, 2.45) is 5.92 Å². The summed E-state index contributed by atoms with van der Waals surface area (Å²) in [6.07, 6.45) is 1.31. The van der Waals surface area contributed by atoms with Crippen LogP contribution in [0.2, 0.25) is 0 Å². The highest BCUT2D eigenvalue weighted by molar-refractivity contribution is 5.98. The lowest BCUT2D eigenvalue weighted by Crippen LogP contribution is -2.42. The van der Waals surface area contributed by atoms with Crippen molar-refractivity contribution in [3.05, 3.63) is 29.6 Å². The molecule has 1 fully saturated rings. The molecule has 7 heteroatoms. The zero-order valence-corrected chi connectivity index (χ0v) is 12.7. The van der Waals surface area contributed by atoms with E-state index in [2.05, 4.69) is 5.32 Å². The lowest BCUT2D eigenvalue weighted by molar-refractivity contribution is -0.142. The number of ether oxygens (including phenoxy) is 1. The van der Waals surface area contributed by atoms with Gasteiger partial charge in [-0.15, -0.1) is 0 Å². The number of hydrogen-bond acceptors (Lipinski definition) is 4. The molecule has 6 nitrogen and oxygen atoms in total. The van der Waals surface area contributed by atoms with E-state index in [0.29, 0.717) is 0 Å². The van der Waals surface area contributed by atoms with Gasteiger partial charge in [0.1, 0.15) is 6.04 Å². The summed E-state index contributed by atoms with van der Waals surface area (Å²) in [5.41, 5.74) is 0.146. The highest BCUT2D eigenvalue weighted by Gasteiger charge is 2.37. The molecule has 2 rings (SSSR count). The Morgan fingerprint density at radius 2 is 2.04 bits per heavy atom. The van der Waals surface area contributed by atoms with Crippen LogP contribution in [0.4, 0.5) is 4.39 Å². The molecule has 0 bridgehead atoms. The zero-order chi connectivity index (χ0) is 17.0. The van der Waals surface area contributed by atoms with Crippen molar-refractivity contribution in [3.63, 3.8) is 0 Å². The summed E-state index contributed by atoms with van der Waals surface area (Å²) in [6, 6.07) is 2.93. The summed E-state index contributed by atoms with van der Waals surface area (Å²) in [5.74, 6) is -2.59. The third kappa shape index (κ3) is 4.51. The molecule has 1 saturated carbocycles. The minimum absolute atomic E-state index is 0.0252. The fraction of sp³-hybridized carbons (Fsp3) is 0.438. The maximum atomic E-state index is 13.5. The number of carbonyl (C=O) groups is 3. The van der Waals surface area contributed by atoms with Gasteiger partial charge in [0.25, 0.3) is 0 Å². The van der Waals surface area contributed by atoms with Crippen LogP contribution < -0.4 is 10.1 Å². The molecule has 2 N–H and O–H groups in total. The standard InChI is InChI=1S/C16H18FNO5/c1-23-13-6-4-10(8-11(13)17)12(19)5-7-14(20)18-15(16(21)22)9-2-3-9/h4,6,8-9,15H,2-3,5,7H2,1H3,(H,18,20)(H,21,22). The van der Waals surface area contributed by atoms with E-state index >= 15 is 0 Å². The Balaban J connectivity index is 1.87. The number of carboxylic acids is 1. The molecule has 0 radical (unpaired) electrons. The first kappa shape index (κ1) is 16.9. The first-order valence-corrected chi connectivity index (χ1v) is 7.31. The number of methoxy groups -OCH3 is 1. The van der Waals surface area contributed by atoms with Crippen molar-refractivity contribution in [1.82, 2.24) is 5.32 Å². The molecule has 1 amide bonds. The number of amides is 1. The van der Waals surface area contributed by atoms with Gasteiger partial charge in [-0.25, -0.2) is 9.18 Å². The van der Waals surface area contributed by atoms with Crippen molar-refractivity contribution in [2.45, 2.75) is 31.7 Å². The smallest absolute Gasteiger partial charge is 0.326 e. The van der Waals surface area contributed by atoms with Crippen LogP contribution in [0.1, 0.15) is 36.0 Å². The van der Waals surface area contributed by atoms with Crippen LogP contribution in [0.25, 0.3) is 0 Å². The van der Waals surface area contributed by atoms with Gasteiger partial charge < -0.3 is 15.2 Å². The van der Waals surface area contributed by atoms with Crippen molar-refractivity contribution in [3.8, 4) is 5.75 Å².